The first-order chi connectivity index (χ1) is 11.6. The van der Waals surface area contributed by atoms with Gasteiger partial charge in [0.1, 0.15) is 11.4 Å². The highest BCUT2D eigenvalue weighted by molar-refractivity contribution is 5.94. The fourth-order valence-electron chi connectivity index (χ4n) is 2.74. The summed E-state index contributed by atoms with van der Waals surface area (Å²) >= 11 is 0. The minimum Gasteiger partial charge on any atom is -0.497 e. The molecule has 0 aliphatic carbocycles. The van der Waals surface area contributed by atoms with Crippen LogP contribution in [-0.2, 0) is 0 Å². The van der Waals surface area contributed by atoms with Crippen LogP contribution in [0.3, 0.4) is 0 Å². The summed E-state index contributed by atoms with van der Waals surface area (Å²) in [6, 6.07) is 11.3. The van der Waals surface area contributed by atoms with Gasteiger partial charge >= 0.3 is 0 Å². The summed E-state index contributed by atoms with van der Waals surface area (Å²) in [5, 5.41) is 11.4. The fraction of sp³-hybridized carbons (Fsp3) is 0.333. The highest BCUT2D eigenvalue weighted by Gasteiger charge is 2.33. The Hall–Kier alpha value is -2.76. The van der Waals surface area contributed by atoms with Crippen molar-refractivity contribution in [2.45, 2.75) is 31.7 Å². The molecule has 24 heavy (non-hydrogen) atoms. The average Bonchev–Trinajstić information content (AvgIpc) is 2.62. The number of hydrogen-bond donors (Lipinski definition) is 0. The quantitative estimate of drug-likeness (QED) is 0.421. The monoisotopic (exact) mass is 328 g/mol. The Kier molecular flexibility index (Phi) is 6.01. The van der Waals surface area contributed by atoms with Crippen molar-refractivity contribution in [1.82, 2.24) is 4.98 Å². The lowest BCUT2D eigenvalue weighted by Gasteiger charge is -2.20. The zero-order valence-corrected chi connectivity index (χ0v) is 13.7. The van der Waals surface area contributed by atoms with Crippen LogP contribution in [0.2, 0.25) is 0 Å². The van der Waals surface area contributed by atoms with Gasteiger partial charge in [-0.2, -0.15) is 0 Å². The maximum atomic E-state index is 12.5. The van der Waals surface area contributed by atoms with E-state index in [4.69, 9.17) is 4.74 Å². The standard InChI is InChI=1S/C18H20N2O4/c1-3-17(20(22)23)15(13-7-9-14(24-2)10-8-13)12-18(21)16-6-4-5-11-19-16/h4-11,15,17H,3,12H2,1-2H3/t15-,17+/m0/s1. The van der Waals surface area contributed by atoms with Crippen molar-refractivity contribution < 1.29 is 14.5 Å². The smallest absolute Gasteiger partial charge is 0.220 e. The fourth-order valence-corrected chi connectivity index (χ4v) is 2.74. The van der Waals surface area contributed by atoms with Crippen LogP contribution in [0.25, 0.3) is 0 Å². The number of carbonyl (C=O) groups is 1. The van der Waals surface area contributed by atoms with Gasteiger partial charge in [-0.3, -0.25) is 19.9 Å². The van der Waals surface area contributed by atoms with Crippen LogP contribution < -0.4 is 4.74 Å². The molecule has 0 fully saturated rings. The molecule has 0 N–H and O–H groups in total. The number of ketones is 1. The molecular weight excluding hydrogens is 308 g/mol. The van der Waals surface area contributed by atoms with Gasteiger partial charge in [0.25, 0.3) is 0 Å². The van der Waals surface area contributed by atoms with Gasteiger partial charge in [0.05, 0.1) is 13.0 Å². The summed E-state index contributed by atoms with van der Waals surface area (Å²) in [5.41, 5.74) is 1.08. The summed E-state index contributed by atoms with van der Waals surface area (Å²) in [4.78, 5) is 27.7. The second-order valence-electron chi connectivity index (χ2n) is 5.48. The van der Waals surface area contributed by atoms with Crippen LogP contribution in [0.4, 0.5) is 0 Å². The summed E-state index contributed by atoms with van der Waals surface area (Å²) in [6.07, 6.45) is 1.93. The first-order valence-corrected chi connectivity index (χ1v) is 7.78. The maximum absolute atomic E-state index is 12.5. The molecule has 126 valence electrons. The Balaban J connectivity index is 2.31. The molecule has 1 aromatic heterocycles. The average molecular weight is 328 g/mol. The van der Waals surface area contributed by atoms with Gasteiger partial charge in [0, 0.05) is 24.0 Å². The molecule has 0 spiro atoms. The van der Waals surface area contributed by atoms with Crippen molar-refractivity contribution in [2.24, 2.45) is 0 Å². The van der Waals surface area contributed by atoms with Gasteiger partial charge in [-0.15, -0.1) is 0 Å². The summed E-state index contributed by atoms with van der Waals surface area (Å²) in [7, 11) is 1.56. The lowest BCUT2D eigenvalue weighted by atomic mass is 9.85. The molecule has 0 aliphatic rings. The molecule has 0 saturated carbocycles. The van der Waals surface area contributed by atoms with Crippen molar-refractivity contribution in [3.8, 4) is 5.75 Å². The molecule has 0 radical (unpaired) electrons. The summed E-state index contributed by atoms with van der Waals surface area (Å²) in [6.45, 7) is 1.76. The van der Waals surface area contributed by atoms with E-state index < -0.39 is 12.0 Å². The van der Waals surface area contributed by atoms with E-state index in [2.05, 4.69) is 4.98 Å². The zero-order valence-electron chi connectivity index (χ0n) is 13.7. The minimum atomic E-state index is -0.828. The van der Waals surface area contributed by atoms with Gasteiger partial charge in [-0.1, -0.05) is 25.1 Å². The van der Waals surface area contributed by atoms with E-state index in [-0.39, 0.29) is 17.1 Å². The number of methoxy groups -OCH3 is 1. The zero-order chi connectivity index (χ0) is 17.5. The SMILES string of the molecule is CC[C@H]([C@@H](CC(=O)c1ccccn1)c1ccc(OC)cc1)[N+](=O)[O-]. The summed E-state index contributed by atoms with van der Waals surface area (Å²) < 4.78 is 5.12. The number of pyridine rings is 1. The van der Waals surface area contributed by atoms with Crippen molar-refractivity contribution in [3.63, 3.8) is 0 Å². The van der Waals surface area contributed by atoms with E-state index in [9.17, 15) is 14.9 Å². The number of ether oxygens (including phenoxy) is 1. The third-order valence-corrected chi connectivity index (χ3v) is 4.05. The Morgan fingerprint density at radius 3 is 2.46 bits per heavy atom. The Morgan fingerprint density at radius 2 is 1.96 bits per heavy atom. The molecule has 0 amide bonds. The van der Waals surface area contributed by atoms with E-state index in [0.717, 1.165) is 5.56 Å². The van der Waals surface area contributed by atoms with Gasteiger partial charge < -0.3 is 4.74 Å². The van der Waals surface area contributed by atoms with E-state index in [0.29, 0.717) is 17.9 Å². The van der Waals surface area contributed by atoms with E-state index in [1.807, 2.05) is 0 Å². The van der Waals surface area contributed by atoms with Crippen LogP contribution in [-0.4, -0.2) is 28.8 Å². The first-order valence-electron chi connectivity index (χ1n) is 7.78. The van der Waals surface area contributed by atoms with Crippen molar-refractivity contribution in [2.75, 3.05) is 7.11 Å². The lowest BCUT2D eigenvalue weighted by molar-refractivity contribution is -0.527. The predicted molar refractivity (Wildman–Crippen MR) is 90.0 cm³/mol. The van der Waals surface area contributed by atoms with Gasteiger partial charge in [0.15, 0.2) is 5.78 Å². The predicted octanol–water partition coefficient (Wildman–Crippen LogP) is 3.50. The van der Waals surface area contributed by atoms with Gasteiger partial charge in [-0.25, -0.2) is 0 Å². The molecule has 2 atom stereocenters. The number of nitro groups is 1. The van der Waals surface area contributed by atoms with E-state index in [1.165, 1.54) is 0 Å². The Bertz CT molecular complexity index is 686. The number of nitrogens with zero attached hydrogens (tertiary/aromatic N) is 2. The number of aromatic nitrogens is 1. The second-order valence-corrected chi connectivity index (χ2v) is 5.48. The Morgan fingerprint density at radius 1 is 1.25 bits per heavy atom. The van der Waals surface area contributed by atoms with E-state index >= 15 is 0 Å². The molecule has 2 aromatic rings. The molecule has 0 bridgehead atoms. The largest absolute Gasteiger partial charge is 0.497 e. The van der Waals surface area contributed by atoms with Crippen LogP contribution in [0.5, 0.6) is 5.75 Å². The molecule has 0 saturated heterocycles. The molecule has 0 unspecified atom stereocenters. The second kappa shape index (κ2) is 8.19. The summed E-state index contributed by atoms with van der Waals surface area (Å²) in [5.74, 6) is -0.0372. The number of Topliss-reactive ketones (excluding diaryl/α,β-unsaturated/α-hetero) is 1. The normalized spacial score (nSPS) is 13.1. The van der Waals surface area contributed by atoms with Crippen molar-refractivity contribution in [3.05, 3.63) is 70.0 Å². The molecule has 6 nitrogen and oxygen atoms in total. The molecule has 0 aliphatic heterocycles. The van der Waals surface area contributed by atoms with Crippen LogP contribution in [0.15, 0.2) is 48.7 Å². The molecule has 1 heterocycles. The third kappa shape index (κ3) is 4.16. The topological polar surface area (TPSA) is 82.3 Å². The number of hydrogen-bond acceptors (Lipinski definition) is 5. The van der Waals surface area contributed by atoms with Gasteiger partial charge in [-0.05, 0) is 29.8 Å². The van der Waals surface area contributed by atoms with Crippen LogP contribution in [0, 0.1) is 10.1 Å². The maximum Gasteiger partial charge on any atom is 0.220 e. The van der Waals surface area contributed by atoms with Crippen molar-refractivity contribution >= 4 is 5.78 Å². The van der Waals surface area contributed by atoms with Crippen molar-refractivity contribution in [1.29, 1.82) is 0 Å². The van der Waals surface area contributed by atoms with Gasteiger partial charge in [0.2, 0.25) is 6.04 Å². The molecule has 2 rings (SSSR count). The molecule has 6 heteroatoms. The first kappa shape index (κ1) is 17.6. The van der Waals surface area contributed by atoms with Crippen LogP contribution in [0.1, 0.15) is 41.7 Å². The lowest BCUT2D eigenvalue weighted by Crippen LogP contribution is -2.29. The third-order valence-electron chi connectivity index (χ3n) is 4.05. The number of benzene rings is 1. The van der Waals surface area contributed by atoms with Crippen LogP contribution >= 0.6 is 0 Å². The molecule has 1 aromatic carbocycles. The minimum absolute atomic E-state index is 0.0445. The number of carbonyl (C=O) groups excluding carboxylic acids is 1. The Labute approximate surface area is 140 Å². The number of rotatable bonds is 8. The van der Waals surface area contributed by atoms with E-state index in [1.54, 1.807) is 62.7 Å². The highest BCUT2D eigenvalue weighted by Crippen LogP contribution is 2.30. The highest BCUT2D eigenvalue weighted by atomic mass is 16.6. The molecular formula is C18H20N2O4.